The Balaban J connectivity index is 1.72. The molecule has 2 atom stereocenters. The van der Waals surface area contributed by atoms with Crippen molar-refractivity contribution in [2.45, 2.75) is 69.9 Å². The zero-order chi connectivity index (χ0) is 14.5. The van der Waals surface area contributed by atoms with Gasteiger partial charge in [0.25, 0.3) is 0 Å². The van der Waals surface area contributed by atoms with Crippen molar-refractivity contribution in [3.8, 4) is 0 Å². The van der Waals surface area contributed by atoms with Crippen LogP contribution in [0.5, 0.6) is 0 Å². The molecule has 1 saturated carbocycles. The Morgan fingerprint density at radius 1 is 1.33 bits per heavy atom. The van der Waals surface area contributed by atoms with Crippen molar-refractivity contribution in [3.63, 3.8) is 0 Å². The second-order valence-electron chi connectivity index (χ2n) is 6.79. The third-order valence-corrected chi connectivity index (χ3v) is 5.23. The molecule has 1 aliphatic heterocycles. The Hall–Kier alpha value is -0.800. The molecule has 3 heteroatoms. The minimum atomic E-state index is 0.167. The van der Waals surface area contributed by atoms with E-state index >= 15 is 0 Å². The lowest BCUT2D eigenvalue weighted by Crippen LogP contribution is -2.44. The molecule has 2 unspecified atom stereocenters. The van der Waals surface area contributed by atoms with Gasteiger partial charge in [-0.25, -0.2) is 0 Å². The molecule has 0 aromatic carbocycles. The molecule has 1 spiro atoms. The molecule has 2 heterocycles. The largest absolute Gasteiger partial charge is 0.468 e. The summed E-state index contributed by atoms with van der Waals surface area (Å²) in [5.74, 6) is 1.73. The van der Waals surface area contributed by atoms with Crippen LogP contribution in [0, 0.1) is 5.92 Å². The lowest BCUT2D eigenvalue weighted by molar-refractivity contribution is -0.122. The molecule has 118 valence electrons. The van der Waals surface area contributed by atoms with Crippen molar-refractivity contribution in [3.05, 3.63) is 24.2 Å². The summed E-state index contributed by atoms with van der Waals surface area (Å²) in [7, 11) is 0. The molecule has 0 radical (unpaired) electrons. The van der Waals surface area contributed by atoms with Gasteiger partial charge in [-0.3, -0.25) is 0 Å². The van der Waals surface area contributed by atoms with Crippen LogP contribution in [0.1, 0.15) is 70.1 Å². The van der Waals surface area contributed by atoms with Gasteiger partial charge in [0, 0.05) is 6.61 Å². The zero-order valence-electron chi connectivity index (χ0n) is 13.3. The van der Waals surface area contributed by atoms with E-state index in [4.69, 9.17) is 9.15 Å². The molecule has 3 nitrogen and oxygen atoms in total. The van der Waals surface area contributed by atoms with Crippen LogP contribution in [0.2, 0.25) is 0 Å². The monoisotopic (exact) mass is 291 g/mol. The van der Waals surface area contributed by atoms with Crippen molar-refractivity contribution in [1.82, 2.24) is 5.32 Å². The topological polar surface area (TPSA) is 34.4 Å². The second kappa shape index (κ2) is 6.97. The summed E-state index contributed by atoms with van der Waals surface area (Å²) in [5, 5.41) is 3.71. The van der Waals surface area contributed by atoms with Gasteiger partial charge in [0.1, 0.15) is 5.76 Å². The van der Waals surface area contributed by atoms with E-state index in [0.29, 0.717) is 12.0 Å². The van der Waals surface area contributed by atoms with Crippen LogP contribution in [0.25, 0.3) is 0 Å². The van der Waals surface area contributed by atoms with Crippen molar-refractivity contribution < 1.29 is 9.15 Å². The predicted octanol–water partition coefficient (Wildman–Crippen LogP) is 4.45. The first-order valence-electron chi connectivity index (χ1n) is 8.74. The second-order valence-corrected chi connectivity index (χ2v) is 6.79. The van der Waals surface area contributed by atoms with Crippen molar-refractivity contribution >= 4 is 0 Å². The van der Waals surface area contributed by atoms with Gasteiger partial charge in [-0.2, -0.15) is 0 Å². The normalized spacial score (nSPS) is 26.8. The lowest BCUT2D eigenvalue weighted by Gasteiger charge is -2.45. The highest BCUT2D eigenvalue weighted by atomic mass is 16.5. The van der Waals surface area contributed by atoms with Gasteiger partial charge >= 0.3 is 0 Å². The number of furan rings is 1. The molecule has 0 amide bonds. The summed E-state index contributed by atoms with van der Waals surface area (Å²) < 4.78 is 12.0. The fourth-order valence-electron chi connectivity index (χ4n) is 4.16. The van der Waals surface area contributed by atoms with Gasteiger partial charge in [-0.1, -0.05) is 26.2 Å². The summed E-state index contributed by atoms with van der Waals surface area (Å²) in [6, 6.07) is 4.48. The fourth-order valence-corrected chi connectivity index (χ4v) is 4.16. The zero-order valence-corrected chi connectivity index (χ0v) is 13.3. The molecule has 1 aromatic heterocycles. The Kier molecular flexibility index (Phi) is 5.02. The third-order valence-electron chi connectivity index (χ3n) is 5.23. The quantitative estimate of drug-likeness (QED) is 0.870. The SMILES string of the molecule is CCCNC(c1ccco1)C1CCOC2(CCCCC2)C1. The fraction of sp³-hybridized carbons (Fsp3) is 0.778. The molecule has 3 rings (SSSR count). The molecule has 0 bridgehead atoms. The van der Waals surface area contributed by atoms with Crippen LogP contribution < -0.4 is 5.32 Å². The lowest BCUT2D eigenvalue weighted by atomic mass is 9.73. The Morgan fingerprint density at radius 3 is 2.90 bits per heavy atom. The van der Waals surface area contributed by atoms with Gasteiger partial charge in [0.2, 0.25) is 0 Å². The maximum absolute atomic E-state index is 6.25. The molecular formula is C18H29NO2. The first kappa shape index (κ1) is 15.1. The summed E-state index contributed by atoms with van der Waals surface area (Å²) in [6.45, 7) is 4.18. The minimum Gasteiger partial charge on any atom is -0.468 e. The van der Waals surface area contributed by atoms with E-state index in [1.54, 1.807) is 6.26 Å². The predicted molar refractivity (Wildman–Crippen MR) is 84.2 cm³/mol. The number of hydrogen-bond acceptors (Lipinski definition) is 3. The van der Waals surface area contributed by atoms with Gasteiger partial charge in [-0.15, -0.1) is 0 Å². The first-order valence-corrected chi connectivity index (χ1v) is 8.74. The molecular weight excluding hydrogens is 262 g/mol. The number of rotatable bonds is 5. The van der Waals surface area contributed by atoms with E-state index in [1.165, 1.54) is 38.5 Å². The smallest absolute Gasteiger partial charge is 0.120 e. The van der Waals surface area contributed by atoms with Crippen molar-refractivity contribution in [1.29, 1.82) is 0 Å². The highest BCUT2D eigenvalue weighted by molar-refractivity contribution is 5.08. The molecule has 21 heavy (non-hydrogen) atoms. The summed E-state index contributed by atoms with van der Waals surface area (Å²) >= 11 is 0. The van der Waals surface area contributed by atoms with Crippen LogP contribution in [0.15, 0.2) is 22.8 Å². The minimum absolute atomic E-state index is 0.167. The molecule has 2 fully saturated rings. The van der Waals surface area contributed by atoms with Crippen LogP contribution in [-0.4, -0.2) is 18.8 Å². The van der Waals surface area contributed by atoms with Crippen LogP contribution >= 0.6 is 0 Å². The third kappa shape index (κ3) is 3.51. The van der Waals surface area contributed by atoms with E-state index in [-0.39, 0.29) is 5.60 Å². The Morgan fingerprint density at radius 2 is 2.19 bits per heavy atom. The Bertz CT molecular complexity index is 403. The van der Waals surface area contributed by atoms with E-state index in [9.17, 15) is 0 Å². The van der Waals surface area contributed by atoms with Crippen molar-refractivity contribution in [2.24, 2.45) is 5.92 Å². The average molecular weight is 291 g/mol. The molecule has 1 N–H and O–H groups in total. The molecule has 1 aromatic rings. The summed E-state index contributed by atoms with van der Waals surface area (Å²) in [6.07, 6.45) is 11.8. The number of nitrogens with one attached hydrogen (secondary N) is 1. The summed E-state index contributed by atoms with van der Waals surface area (Å²) in [5.41, 5.74) is 0.167. The van der Waals surface area contributed by atoms with Crippen LogP contribution in [-0.2, 0) is 4.74 Å². The molecule has 1 aliphatic carbocycles. The van der Waals surface area contributed by atoms with Crippen molar-refractivity contribution in [2.75, 3.05) is 13.2 Å². The Labute approximate surface area is 128 Å². The highest BCUT2D eigenvalue weighted by Gasteiger charge is 2.41. The van der Waals surface area contributed by atoms with E-state index in [1.807, 2.05) is 6.07 Å². The number of hydrogen-bond donors (Lipinski definition) is 1. The van der Waals surface area contributed by atoms with E-state index < -0.39 is 0 Å². The number of ether oxygens (including phenoxy) is 1. The van der Waals surface area contributed by atoms with Gasteiger partial charge in [-0.05, 0) is 56.7 Å². The maximum Gasteiger partial charge on any atom is 0.120 e. The molecule has 1 saturated heterocycles. The van der Waals surface area contributed by atoms with E-state index in [0.717, 1.165) is 31.8 Å². The first-order chi connectivity index (χ1) is 10.3. The maximum atomic E-state index is 6.25. The summed E-state index contributed by atoms with van der Waals surface area (Å²) in [4.78, 5) is 0. The standard InChI is InChI=1S/C18H29NO2/c1-2-11-19-17(16-7-6-12-20-16)15-8-13-21-18(14-15)9-4-3-5-10-18/h6-7,12,15,17,19H,2-5,8-11,13-14H2,1H3. The van der Waals surface area contributed by atoms with Gasteiger partial charge < -0.3 is 14.5 Å². The van der Waals surface area contributed by atoms with Crippen LogP contribution in [0.4, 0.5) is 0 Å². The van der Waals surface area contributed by atoms with Gasteiger partial charge in [0.05, 0.1) is 17.9 Å². The highest BCUT2D eigenvalue weighted by Crippen LogP contribution is 2.44. The van der Waals surface area contributed by atoms with Gasteiger partial charge in [0.15, 0.2) is 0 Å². The molecule has 2 aliphatic rings. The average Bonchev–Trinajstić information content (AvgIpc) is 3.03. The van der Waals surface area contributed by atoms with E-state index in [2.05, 4.69) is 18.3 Å². The van der Waals surface area contributed by atoms with Crippen LogP contribution in [0.3, 0.4) is 0 Å².